The summed E-state index contributed by atoms with van der Waals surface area (Å²) in [6.45, 7) is 5.55. The van der Waals surface area contributed by atoms with Gasteiger partial charge in [0.25, 0.3) is 5.91 Å². The van der Waals surface area contributed by atoms with E-state index >= 15 is 0 Å². The Bertz CT molecular complexity index is 1540. The lowest BCUT2D eigenvalue weighted by atomic mass is 9.69. The Labute approximate surface area is 260 Å². The van der Waals surface area contributed by atoms with E-state index in [1.807, 2.05) is 19.1 Å². The fraction of sp³-hybridized carbons (Fsp3) is 0.529. The molecule has 6 atom stereocenters. The van der Waals surface area contributed by atoms with Gasteiger partial charge in [-0.25, -0.2) is 13.1 Å². The van der Waals surface area contributed by atoms with Crippen molar-refractivity contribution < 1.29 is 22.7 Å². The Kier molecular flexibility index (Phi) is 8.37. The zero-order valence-corrected chi connectivity index (χ0v) is 26.5. The number of halogens is 1. The van der Waals surface area contributed by atoms with E-state index in [1.165, 1.54) is 11.1 Å². The molecule has 0 saturated heterocycles. The Hall–Kier alpha value is -2.84. The van der Waals surface area contributed by atoms with E-state index in [2.05, 4.69) is 33.9 Å². The van der Waals surface area contributed by atoms with Crippen molar-refractivity contribution in [2.24, 2.45) is 23.7 Å². The van der Waals surface area contributed by atoms with E-state index in [9.17, 15) is 18.0 Å². The number of allylic oxidation sites excluding steroid dienone is 2. The molecule has 2 aliphatic carbocycles. The highest BCUT2D eigenvalue weighted by atomic mass is 35.5. The lowest BCUT2D eigenvalue weighted by molar-refractivity contribution is -0.108. The lowest BCUT2D eigenvalue weighted by Gasteiger charge is -2.44. The van der Waals surface area contributed by atoms with Gasteiger partial charge in [0, 0.05) is 35.5 Å². The highest BCUT2D eigenvalue weighted by Crippen LogP contribution is 2.46. The molecule has 2 aromatic rings. The molecular formula is C34H41ClN2O5S. The maximum absolute atomic E-state index is 13.4. The number of nitrogens with zero attached hydrogens (tertiary/aromatic N) is 1. The van der Waals surface area contributed by atoms with Crippen LogP contribution in [0.15, 0.2) is 48.6 Å². The van der Waals surface area contributed by atoms with Crippen LogP contribution >= 0.6 is 11.6 Å². The third kappa shape index (κ3) is 5.97. The maximum atomic E-state index is 13.4. The summed E-state index contributed by atoms with van der Waals surface area (Å²) in [4.78, 5) is 27.3. The highest BCUT2D eigenvalue weighted by molar-refractivity contribution is 7.90. The van der Waals surface area contributed by atoms with Crippen LogP contribution in [0, 0.1) is 23.7 Å². The number of carbonyl (C=O) groups is 2. The van der Waals surface area contributed by atoms with E-state index in [0.29, 0.717) is 42.6 Å². The van der Waals surface area contributed by atoms with Crippen LogP contribution in [0.5, 0.6) is 5.75 Å². The summed E-state index contributed by atoms with van der Waals surface area (Å²) >= 11 is 6.40. The zero-order valence-electron chi connectivity index (χ0n) is 24.9. The number of hydrogen-bond donors (Lipinski definition) is 1. The second-order valence-corrected chi connectivity index (χ2v) is 15.7. The standard InChI is InChI=1S/C34H41ClN2O5S/c1-22-16-24(13-15-38)5-6-25-7-8-28(25)19-37-20-34(14-3-4-26-17-29(35)10-11-30(26)34)21-42-32-12-9-27(18-31(32)37)33(39)36-43(40,41)23(22)2/h5-6,9-12,15,17-18,22-25,28H,3-4,7-8,13-14,16,19-21H2,1-2H3,(H,36,39)/b6-5-/t22-,23+,24-,25+,28-,34-/m0/s1. The molecule has 2 bridgehead atoms. The Morgan fingerprint density at radius 1 is 1.14 bits per heavy atom. The van der Waals surface area contributed by atoms with Crippen molar-refractivity contribution in [1.82, 2.24) is 4.72 Å². The van der Waals surface area contributed by atoms with Gasteiger partial charge in [0.1, 0.15) is 12.0 Å². The summed E-state index contributed by atoms with van der Waals surface area (Å²) in [6.07, 6.45) is 11.4. The number of nitrogens with one attached hydrogen (secondary N) is 1. The van der Waals surface area contributed by atoms with Gasteiger partial charge in [-0.2, -0.15) is 0 Å². The van der Waals surface area contributed by atoms with Crippen LogP contribution in [-0.2, 0) is 26.7 Å². The van der Waals surface area contributed by atoms with Gasteiger partial charge in [0.15, 0.2) is 0 Å². The molecular weight excluding hydrogens is 584 g/mol. The van der Waals surface area contributed by atoms with Crippen molar-refractivity contribution in [1.29, 1.82) is 0 Å². The number of aldehydes is 1. The number of carbonyl (C=O) groups excluding carboxylic acids is 2. The quantitative estimate of drug-likeness (QED) is 0.321. The molecule has 1 N–H and O–H groups in total. The number of amides is 1. The fourth-order valence-electron chi connectivity index (χ4n) is 7.55. The van der Waals surface area contributed by atoms with Crippen LogP contribution in [0.1, 0.15) is 73.9 Å². The van der Waals surface area contributed by atoms with E-state index in [-0.39, 0.29) is 17.3 Å². The van der Waals surface area contributed by atoms with Crippen LogP contribution < -0.4 is 14.4 Å². The minimum atomic E-state index is -3.95. The summed E-state index contributed by atoms with van der Waals surface area (Å²) in [5.41, 5.74) is 3.42. The van der Waals surface area contributed by atoms with Crippen molar-refractivity contribution >= 4 is 39.5 Å². The molecule has 43 heavy (non-hydrogen) atoms. The van der Waals surface area contributed by atoms with Gasteiger partial charge in [-0.05, 0) is 111 Å². The lowest BCUT2D eigenvalue weighted by Crippen LogP contribution is -2.48. The number of aryl methyl sites for hydroxylation is 1. The zero-order chi connectivity index (χ0) is 30.4. The normalized spacial score (nSPS) is 32.7. The third-order valence-corrected chi connectivity index (χ3v) is 12.6. The third-order valence-electron chi connectivity index (χ3n) is 10.5. The van der Waals surface area contributed by atoms with Gasteiger partial charge in [0.2, 0.25) is 10.0 Å². The van der Waals surface area contributed by atoms with Crippen molar-refractivity contribution in [3.8, 4) is 5.75 Å². The first-order valence-corrected chi connectivity index (χ1v) is 17.5. The first-order chi connectivity index (χ1) is 20.6. The summed E-state index contributed by atoms with van der Waals surface area (Å²) in [6, 6.07) is 11.5. The van der Waals surface area contributed by atoms with Crippen LogP contribution in [0.25, 0.3) is 0 Å². The molecule has 1 saturated carbocycles. The predicted octanol–water partition coefficient (Wildman–Crippen LogP) is 6.09. The number of sulfonamides is 1. The first-order valence-electron chi connectivity index (χ1n) is 15.6. The Morgan fingerprint density at radius 3 is 2.74 bits per heavy atom. The predicted molar refractivity (Wildman–Crippen MR) is 169 cm³/mol. The van der Waals surface area contributed by atoms with Gasteiger partial charge in [0.05, 0.1) is 17.5 Å². The molecule has 4 aliphatic rings. The molecule has 7 nitrogen and oxygen atoms in total. The van der Waals surface area contributed by atoms with Crippen LogP contribution in [0.3, 0.4) is 0 Å². The molecule has 2 aliphatic heterocycles. The number of benzene rings is 2. The van der Waals surface area contributed by atoms with Gasteiger partial charge in [-0.15, -0.1) is 0 Å². The van der Waals surface area contributed by atoms with E-state index in [4.69, 9.17) is 16.3 Å². The Morgan fingerprint density at radius 2 is 1.98 bits per heavy atom. The average Bonchev–Trinajstić information content (AvgIpc) is 3.11. The monoisotopic (exact) mass is 624 g/mol. The molecule has 6 rings (SSSR count). The number of ether oxygens (including phenoxy) is 1. The molecule has 0 aromatic heterocycles. The van der Waals surface area contributed by atoms with E-state index in [0.717, 1.165) is 62.2 Å². The summed E-state index contributed by atoms with van der Waals surface area (Å²) < 4.78 is 35.5. The second-order valence-electron chi connectivity index (χ2n) is 13.2. The molecule has 230 valence electrons. The number of anilines is 1. The summed E-state index contributed by atoms with van der Waals surface area (Å²) in [7, 11) is -3.95. The minimum absolute atomic E-state index is 0.0465. The van der Waals surface area contributed by atoms with E-state index < -0.39 is 21.2 Å². The molecule has 2 heterocycles. The summed E-state index contributed by atoms with van der Waals surface area (Å²) in [5.74, 6) is 0.576. The van der Waals surface area contributed by atoms with Crippen molar-refractivity contribution in [3.05, 3.63) is 70.3 Å². The Balaban J connectivity index is 1.42. The highest BCUT2D eigenvalue weighted by Gasteiger charge is 2.43. The van der Waals surface area contributed by atoms with Crippen LogP contribution in [0.4, 0.5) is 5.69 Å². The molecule has 9 heteroatoms. The molecule has 1 amide bonds. The van der Waals surface area contributed by atoms with E-state index in [1.54, 1.807) is 19.1 Å². The molecule has 0 unspecified atom stereocenters. The van der Waals surface area contributed by atoms with Crippen molar-refractivity contribution in [3.63, 3.8) is 0 Å². The smallest absolute Gasteiger partial charge is 0.264 e. The van der Waals surface area contributed by atoms with Crippen LogP contribution in [-0.4, -0.2) is 45.6 Å². The largest absolute Gasteiger partial charge is 0.490 e. The minimum Gasteiger partial charge on any atom is -0.490 e. The van der Waals surface area contributed by atoms with Crippen molar-refractivity contribution in [2.45, 2.75) is 69.5 Å². The fourth-order valence-corrected chi connectivity index (χ4v) is 9.03. The molecule has 0 radical (unpaired) electrons. The molecule has 2 aromatic carbocycles. The average molecular weight is 625 g/mol. The molecule has 1 fully saturated rings. The number of fused-ring (bicyclic) bond motifs is 4. The van der Waals surface area contributed by atoms with Gasteiger partial charge in [-0.3, -0.25) is 4.79 Å². The van der Waals surface area contributed by atoms with Gasteiger partial charge in [-0.1, -0.05) is 36.7 Å². The maximum Gasteiger partial charge on any atom is 0.264 e. The first kappa shape index (κ1) is 30.2. The van der Waals surface area contributed by atoms with Gasteiger partial charge < -0.3 is 14.4 Å². The van der Waals surface area contributed by atoms with Crippen molar-refractivity contribution in [2.75, 3.05) is 24.6 Å². The summed E-state index contributed by atoms with van der Waals surface area (Å²) in [5, 5.41) is -0.0614. The number of hydrogen-bond acceptors (Lipinski definition) is 6. The second kappa shape index (κ2) is 11.9. The topological polar surface area (TPSA) is 92.8 Å². The van der Waals surface area contributed by atoms with Gasteiger partial charge >= 0.3 is 0 Å². The van der Waals surface area contributed by atoms with Crippen LogP contribution in [0.2, 0.25) is 5.02 Å². The number of rotatable bonds is 2. The SMILES string of the molecule is C[C@@H]1[C@@H](C)C[C@H](CC=O)/C=C\[C@@H]2CC[C@H]2CN2C[C@@]3(CCCc4cc(Cl)ccc43)COc3ccc(cc32)C(=O)NS1(=O)=O. The molecule has 1 spiro atoms.